The summed E-state index contributed by atoms with van der Waals surface area (Å²) in [5.74, 6) is 0.877. The second kappa shape index (κ2) is 11.2. The molecule has 7 heteroatoms. The molecule has 0 spiro atoms. The SMILES string of the molecule is CCNC(=NCc1c(CC)nn(C)c1CC)NCC(C)(C)SC.I. The maximum atomic E-state index is 4.78. The molecule has 1 aromatic rings. The van der Waals surface area contributed by atoms with Gasteiger partial charge in [-0.2, -0.15) is 16.9 Å². The van der Waals surface area contributed by atoms with Gasteiger partial charge in [0, 0.05) is 36.1 Å². The molecule has 0 amide bonds. The molecule has 0 aromatic carbocycles. The van der Waals surface area contributed by atoms with Crippen molar-refractivity contribution in [1.29, 1.82) is 0 Å². The molecule has 0 aliphatic rings. The van der Waals surface area contributed by atoms with Gasteiger partial charge in [-0.05, 0) is 39.9 Å². The Balaban J connectivity index is 0.00000529. The third-order valence-electron chi connectivity index (χ3n) is 4.00. The van der Waals surface area contributed by atoms with E-state index in [-0.39, 0.29) is 28.7 Å². The van der Waals surface area contributed by atoms with Crippen LogP contribution >= 0.6 is 35.7 Å². The van der Waals surface area contributed by atoms with E-state index in [1.54, 1.807) is 0 Å². The van der Waals surface area contributed by atoms with E-state index in [0.29, 0.717) is 6.54 Å². The number of thioether (sulfide) groups is 1. The Morgan fingerprint density at radius 3 is 2.38 bits per heavy atom. The van der Waals surface area contributed by atoms with Gasteiger partial charge in [0.05, 0.1) is 12.2 Å². The molecule has 2 N–H and O–H groups in total. The number of aliphatic imine (C=N–C) groups is 1. The quantitative estimate of drug-likeness (QED) is 0.350. The predicted molar refractivity (Wildman–Crippen MR) is 118 cm³/mol. The van der Waals surface area contributed by atoms with Crippen LogP contribution < -0.4 is 10.6 Å². The van der Waals surface area contributed by atoms with E-state index in [9.17, 15) is 0 Å². The first-order chi connectivity index (χ1) is 10.9. The van der Waals surface area contributed by atoms with Crippen LogP contribution in [0, 0.1) is 0 Å². The Morgan fingerprint density at radius 2 is 1.88 bits per heavy atom. The van der Waals surface area contributed by atoms with Crippen molar-refractivity contribution in [2.45, 2.75) is 58.8 Å². The number of halogens is 1. The molecule has 0 saturated carbocycles. The average Bonchev–Trinajstić information content (AvgIpc) is 2.85. The topological polar surface area (TPSA) is 54.2 Å². The van der Waals surface area contributed by atoms with Gasteiger partial charge in [0.25, 0.3) is 0 Å². The van der Waals surface area contributed by atoms with Crippen molar-refractivity contribution in [2.75, 3.05) is 19.3 Å². The Bertz CT molecular complexity index is 525. The Labute approximate surface area is 168 Å². The first-order valence-electron chi connectivity index (χ1n) is 8.49. The summed E-state index contributed by atoms with van der Waals surface area (Å²) < 4.78 is 2.19. The van der Waals surface area contributed by atoms with Gasteiger partial charge in [-0.25, -0.2) is 4.99 Å². The summed E-state index contributed by atoms with van der Waals surface area (Å²) in [6, 6.07) is 0. The summed E-state index contributed by atoms with van der Waals surface area (Å²) in [6.07, 6.45) is 4.07. The van der Waals surface area contributed by atoms with Crippen molar-refractivity contribution in [3.05, 3.63) is 17.0 Å². The van der Waals surface area contributed by atoms with Crippen molar-refractivity contribution in [2.24, 2.45) is 12.0 Å². The van der Waals surface area contributed by atoms with E-state index in [1.807, 2.05) is 23.5 Å². The Morgan fingerprint density at radius 1 is 1.21 bits per heavy atom. The minimum Gasteiger partial charge on any atom is -0.357 e. The predicted octanol–water partition coefficient (Wildman–Crippen LogP) is 3.36. The highest BCUT2D eigenvalue weighted by Gasteiger charge is 2.17. The second-order valence-corrected chi connectivity index (χ2v) is 7.73. The standard InChI is InChI=1S/C17H33N5S.HI/c1-8-14-13(15(9-2)22(6)21-14)11-19-16(18-10-3)20-12-17(4,5)23-7;/h8-12H2,1-7H3,(H2,18,19,20);1H. The van der Waals surface area contributed by atoms with Crippen LogP contribution in [0.15, 0.2) is 4.99 Å². The number of guanidine groups is 1. The maximum absolute atomic E-state index is 4.78. The van der Waals surface area contributed by atoms with Gasteiger partial charge in [-0.3, -0.25) is 4.68 Å². The zero-order valence-corrected chi connectivity index (χ0v) is 19.3. The zero-order valence-electron chi connectivity index (χ0n) is 16.2. The zero-order chi connectivity index (χ0) is 17.5. The molecule has 1 heterocycles. The van der Waals surface area contributed by atoms with Crippen LogP contribution in [0.1, 0.15) is 51.6 Å². The molecule has 0 bridgehead atoms. The number of rotatable bonds is 8. The van der Waals surface area contributed by atoms with Crippen LogP contribution in [0.2, 0.25) is 0 Å². The van der Waals surface area contributed by atoms with Crippen molar-refractivity contribution >= 4 is 41.7 Å². The lowest BCUT2D eigenvalue weighted by molar-refractivity contribution is 0.664. The molecule has 5 nitrogen and oxygen atoms in total. The van der Waals surface area contributed by atoms with E-state index in [2.05, 4.69) is 56.6 Å². The van der Waals surface area contributed by atoms with Crippen molar-refractivity contribution < 1.29 is 0 Å². The summed E-state index contributed by atoms with van der Waals surface area (Å²) in [4.78, 5) is 4.78. The highest BCUT2D eigenvalue weighted by molar-refractivity contribution is 14.0. The third kappa shape index (κ3) is 6.82. The molecule has 0 aliphatic heterocycles. The molecule has 0 fully saturated rings. The molecule has 24 heavy (non-hydrogen) atoms. The Kier molecular flexibility index (Phi) is 11.0. The van der Waals surface area contributed by atoms with Crippen LogP contribution in [0.3, 0.4) is 0 Å². The first kappa shape index (κ1) is 23.6. The lowest BCUT2D eigenvalue weighted by Crippen LogP contribution is -2.43. The van der Waals surface area contributed by atoms with E-state index in [1.165, 1.54) is 11.3 Å². The smallest absolute Gasteiger partial charge is 0.191 e. The molecule has 0 aliphatic carbocycles. The number of hydrogen-bond acceptors (Lipinski definition) is 3. The summed E-state index contributed by atoms with van der Waals surface area (Å²) in [5, 5.41) is 11.4. The highest BCUT2D eigenvalue weighted by atomic mass is 127. The fraction of sp³-hybridized carbons (Fsp3) is 0.765. The lowest BCUT2D eigenvalue weighted by Gasteiger charge is -2.23. The van der Waals surface area contributed by atoms with E-state index in [4.69, 9.17) is 4.99 Å². The summed E-state index contributed by atoms with van der Waals surface area (Å²) >= 11 is 1.86. The van der Waals surface area contributed by atoms with Crippen molar-refractivity contribution in [3.63, 3.8) is 0 Å². The van der Waals surface area contributed by atoms with Crippen LogP contribution in [0.25, 0.3) is 0 Å². The first-order valence-corrected chi connectivity index (χ1v) is 9.71. The van der Waals surface area contributed by atoms with Gasteiger partial charge < -0.3 is 10.6 Å². The average molecular weight is 467 g/mol. The normalized spacial score (nSPS) is 12.0. The second-order valence-electron chi connectivity index (χ2n) is 6.22. The van der Waals surface area contributed by atoms with Gasteiger partial charge in [0.2, 0.25) is 0 Å². The van der Waals surface area contributed by atoms with Gasteiger partial charge in [0.1, 0.15) is 0 Å². The van der Waals surface area contributed by atoms with Gasteiger partial charge in [-0.15, -0.1) is 24.0 Å². The fourth-order valence-corrected chi connectivity index (χ4v) is 2.66. The molecule has 1 aromatic heterocycles. The molecule has 0 radical (unpaired) electrons. The maximum Gasteiger partial charge on any atom is 0.191 e. The molecule has 0 unspecified atom stereocenters. The number of nitrogens with zero attached hydrogens (tertiary/aromatic N) is 3. The number of hydrogen-bond donors (Lipinski definition) is 2. The van der Waals surface area contributed by atoms with E-state index in [0.717, 1.165) is 37.6 Å². The molecule has 0 saturated heterocycles. The summed E-state index contributed by atoms with van der Waals surface area (Å²) in [7, 11) is 2.02. The molecule has 0 atom stereocenters. The van der Waals surface area contributed by atoms with E-state index < -0.39 is 0 Å². The van der Waals surface area contributed by atoms with Crippen LogP contribution in [-0.2, 0) is 26.4 Å². The number of nitrogens with one attached hydrogen (secondary N) is 2. The van der Waals surface area contributed by atoms with Crippen molar-refractivity contribution in [3.8, 4) is 0 Å². The lowest BCUT2D eigenvalue weighted by atomic mass is 10.1. The molecular weight excluding hydrogens is 433 g/mol. The molecule has 1 rings (SSSR count). The Hall–Kier alpha value is -0.440. The minimum absolute atomic E-state index is 0. The fourth-order valence-electron chi connectivity index (χ4n) is 2.44. The van der Waals surface area contributed by atoms with Gasteiger partial charge in [-0.1, -0.05) is 13.8 Å². The molecule has 140 valence electrons. The van der Waals surface area contributed by atoms with Gasteiger partial charge in [0.15, 0.2) is 5.96 Å². The third-order valence-corrected chi connectivity index (χ3v) is 5.25. The van der Waals surface area contributed by atoms with E-state index >= 15 is 0 Å². The van der Waals surface area contributed by atoms with Crippen LogP contribution in [0.5, 0.6) is 0 Å². The van der Waals surface area contributed by atoms with Crippen molar-refractivity contribution in [1.82, 2.24) is 20.4 Å². The minimum atomic E-state index is 0. The number of aromatic nitrogens is 2. The monoisotopic (exact) mass is 467 g/mol. The van der Waals surface area contributed by atoms with Crippen LogP contribution in [0.4, 0.5) is 0 Å². The highest BCUT2D eigenvalue weighted by Crippen LogP contribution is 2.19. The number of aryl methyl sites for hydroxylation is 2. The largest absolute Gasteiger partial charge is 0.357 e. The van der Waals surface area contributed by atoms with Gasteiger partial charge >= 0.3 is 0 Å². The molecular formula is C17H34IN5S. The van der Waals surface area contributed by atoms with Crippen LogP contribution in [-0.4, -0.2) is 39.8 Å². The summed E-state index contributed by atoms with van der Waals surface area (Å²) in [6.45, 7) is 13.3. The summed E-state index contributed by atoms with van der Waals surface area (Å²) in [5.41, 5.74) is 3.72.